The number of halogens is 1. The van der Waals surface area contributed by atoms with Crippen LogP contribution in [0, 0.1) is 0 Å². The third-order valence-corrected chi connectivity index (χ3v) is 2.13. The molecule has 0 spiro atoms. The number of hydrogen-bond acceptors (Lipinski definition) is 2. The highest BCUT2D eigenvalue weighted by Crippen LogP contribution is 2.12. The summed E-state index contributed by atoms with van der Waals surface area (Å²) < 4.78 is 0. The molecule has 0 saturated carbocycles. The number of carboxylic acid groups (broad SMARTS) is 1. The van der Waals surface area contributed by atoms with E-state index in [9.17, 15) is 4.79 Å². The molecule has 4 heteroatoms. The number of aliphatic carboxylic acids is 1. The van der Waals surface area contributed by atoms with Crippen molar-refractivity contribution in [1.82, 2.24) is 0 Å². The SMILES string of the molecule is CC[C@](O)(CBr)C(=O)O. The van der Waals surface area contributed by atoms with Gasteiger partial charge in [0.15, 0.2) is 5.60 Å². The van der Waals surface area contributed by atoms with Gasteiger partial charge in [-0.25, -0.2) is 4.79 Å². The molecule has 2 N–H and O–H groups in total. The maximum atomic E-state index is 10.2. The Balaban J connectivity index is 4.09. The van der Waals surface area contributed by atoms with Crippen molar-refractivity contribution in [2.75, 3.05) is 5.33 Å². The van der Waals surface area contributed by atoms with Crippen LogP contribution in [0.5, 0.6) is 0 Å². The predicted octanol–water partition coefficient (Wildman–Crippen LogP) is 0.607. The first-order chi connectivity index (χ1) is 4.06. The van der Waals surface area contributed by atoms with E-state index in [-0.39, 0.29) is 11.8 Å². The van der Waals surface area contributed by atoms with Crippen molar-refractivity contribution in [2.45, 2.75) is 18.9 Å². The Morgan fingerprint density at radius 1 is 1.78 bits per heavy atom. The molecule has 0 aromatic rings. The van der Waals surface area contributed by atoms with Crippen LogP contribution < -0.4 is 0 Å². The molecule has 0 aliphatic rings. The van der Waals surface area contributed by atoms with E-state index in [0.29, 0.717) is 0 Å². The van der Waals surface area contributed by atoms with Crippen LogP contribution in [-0.2, 0) is 4.79 Å². The molecular formula is C5H9BrO3. The Morgan fingerprint density at radius 2 is 2.22 bits per heavy atom. The van der Waals surface area contributed by atoms with Crippen molar-refractivity contribution in [3.63, 3.8) is 0 Å². The number of aliphatic hydroxyl groups is 1. The van der Waals surface area contributed by atoms with Crippen molar-refractivity contribution < 1.29 is 15.0 Å². The molecule has 0 saturated heterocycles. The molecule has 9 heavy (non-hydrogen) atoms. The second-order valence-electron chi connectivity index (χ2n) is 1.82. The summed E-state index contributed by atoms with van der Waals surface area (Å²) in [5, 5.41) is 17.5. The molecule has 0 amide bonds. The average molecular weight is 197 g/mol. The zero-order chi connectivity index (χ0) is 7.49. The van der Waals surface area contributed by atoms with E-state index in [2.05, 4.69) is 15.9 Å². The van der Waals surface area contributed by atoms with Crippen LogP contribution >= 0.6 is 15.9 Å². The van der Waals surface area contributed by atoms with E-state index in [0.717, 1.165) is 0 Å². The minimum Gasteiger partial charge on any atom is -0.479 e. The first kappa shape index (κ1) is 8.91. The van der Waals surface area contributed by atoms with Gasteiger partial charge in [0.1, 0.15) is 0 Å². The van der Waals surface area contributed by atoms with Crippen LogP contribution in [0.15, 0.2) is 0 Å². The molecule has 0 fully saturated rings. The molecule has 1 atom stereocenters. The molecule has 0 unspecified atom stereocenters. The maximum absolute atomic E-state index is 10.2. The van der Waals surface area contributed by atoms with Crippen molar-refractivity contribution in [2.24, 2.45) is 0 Å². The fraction of sp³-hybridized carbons (Fsp3) is 0.800. The summed E-state index contributed by atoms with van der Waals surface area (Å²) in [6.45, 7) is 1.62. The van der Waals surface area contributed by atoms with Crippen LogP contribution in [0.2, 0.25) is 0 Å². The van der Waals surface area contributed by atoms with E-state index in [1.165, 1.54) is 0 Å². The summed E-state index contributed by atoms with van der Waals surface area (Å²) >= 11 is 2.90. The fourth-order valence-corrected chi connectivity index (χ4v) is 0.939. The third-order valence-electron chi connectivity index (χ3n) is 1.20. The predicted molar refractivity (Wildman–Crippen MR) is 36.7 cm³/mol. The molecular weight excluding hydrogens is 188 g/mol. The second kappa shape index (κ2) is 3.17. The van der Waals surface area contributed by atoms with Gasteiger partial charge in [0.25, 0.3) is 0 Å². The molecule has 0 radical (unpaired) electrons. The zero-order valence-corrected chi connectivity index (χ0v) is 6.68. The second-order valence-corrected chi connectivity index (χ2v) is 2.38. The van der Waals surface area contributed by atoms with Gasteiger partial charge in [-0.15, -0.1) is 0 Å². The van der Waals surface area contributed by atoms with Crippen LogP contribution in [0.1, 0.15) is 13.3 Å². The van der Waals surface area contributed by atoms with Crippen LogP contribution in [0.3, 0.4) is 0 Å². The Kier molecular flexibility index (Phi) is 3.14. The van der Waals surface area contributed by atoms with Crippen LogP contribution in [0.25, 0.3) is 0 Å². The monoisotopic (exact) mass is 196 g/mol. The Labute approximate surface area is 61.8 Å². The lowest BCUT2D eigenvalue weighted by Crippen LogP contribution is -2.39. The van der Waals surface area contributed by atoms with Gasteiger partial charge in [0.05, 0.1) is 0 Å². The average Bonchev–Trinajstić information content (AvgIpc) is 1.86. The molecule has 0 aliphatic carbocycles. The third kappa shape index (κ3) is 1.95. The summed E-state index contributed by atoms with van der Waals surface area (Å²) in [5.41, 5.74) is -1.58. The van der Waals surface area contributed by atoms with Gasteiger partial charge in [-0.05, 0) is 6.42 Å². The molecule has 0 rings (SSSR count). The highest BCUT2D eigenvalue weighted by molar-refractivity contribution is 9.09. The minimum absolute atomic E-state index is 0.0752. The van der Waals surface area contributed by atoms with Crippen LogP contribution in [-0.4, -0.2) is 27.1 Å². The van der Waals surface area contributed by atoms with Crippen molar-refractivity contribution in [1.29, 1.82) is 0 Å². The number of carbonyl (C=O) groups is 1. The maximum Gasteiger partial charge on any atom is 0.336 e. The molecule has 54 valence electrons. The molecule has 0 bridgehead atoms. The van der Waals surface area contributed by atoms with E-state index in [1.807, 2.05) is 0 Å². The lowest BCUT2D eigenvalue weighted by molar-refractivity contribution is -0.156. The Hall–Kier alpha value is -0.0900. The number of rotatable bonds is 3. The minimum atomic E-state index is -1.58. The van der Waals surface area contributed by atoms with Gasteiger partial charge >= 0.3 is 5.97 Å². The summed E-state index contributed by atoms with van der Waals surface area (Å²) in [5.74, 6) is -1.18. The molecule has 0 heterocycles. The summed E-state index contributed by atoms with van der Waals surface area (Å²) in [6.07, 6.45) is 0.216. The molecule has 0 aromatic carbocycles. The summed E-state index contributed by atoms with van der Waals surface area (Å²) in [6, 6.07) is 0. The van der Waals surface area contributed by atoms with Crippen molar-refractivity contribution in [3.05, 3.63) is 0 Å². The number of hydrogen-bond donors (Lipinski definition) is 2. The lowest BCUT2D eigenvalue weighted by Gasteiger charge is -2.17. The quantitative estimate of drug-likeness (QED) is 0.651. The smallest absolute Gasteiger partial charge is 0.336 e. The largest absolute Gasteiger partial charge is 0.479 e. The van der Waals surface area contributed by atoms with Gasteiger partial charge in [-0.1, -0.05) is 22.9 Å². The number of alkyl halides is 1. The van der Waals surface area contributed by atoms with Crippen LogP contribution in [0.4, 0.5) is 0 Å². The lowest BCUT2D eigenvalue weighted by atomic mass is 10.1. The van der Waals surface area contributed by atoms with Gasteiger partial charge in [0, 0.05) is 5.33 Å². The zero-order valence-electron chi connectivity index (χ0n) is 5.09. The first-order valence-electron chi connectivity index (χ1n) is 2.58. The van der Waals surface area contributed by atoms with E-state index >= 15 is 0 Å². The highest BCUT2D eigenvalue weighted by Gasteiger charge is 2.31. The van der Waals surface area contributed by atoms with E-state index in [1.54, 1.807) is 6.92 Å². The van der Waals surface area contributed by atoms with E-state index in [4.69, 9.17) is 10.2 Å². The molecule has 0 aliphatic heterocycles. The first-order valence-corrected chi connectivity index (χ1v) is 3.70. The van der Waals surface area contributed by atoms with Gasteiger partial charge in [0.2, 0.25) is 0 Å². The van der Waals surface area contributed by atoms with Crippen molar-refractivity contribution >= 4 is 21.9 Å². The van der Waals surface area contributed by atoms with E-state index < -0.39 is 11.6 Å². The van der Waals surface area contributed by atoms with Gasteiger partial charge < -0.3 is 10.2 Å². The Bertz CT molecular complexity index is 109. The summed E-state index contributed by atoms with van der Waals surface area (Å²) in [4.78, 5) is 10.2. The Morgan fingerprint density at radius 3 is 2.22 bits per heavy atom. The normalized spacial score (nSPS) is 16.8. The number of carboxylic acids is 1. The summed E-state index contributed by atoms with van der Waals surface area (Å²) in [7, 11) is 0. The fourth-order valence-electron chi connectivity index (χ4n) is 0.303. The van der Waals surface area contributed by atoms with Crippen molar-refractivity contribution in [3.8, 4) is 0 Å². The van der Waals surface area contributed by atoms with Gasteiger partial charge in [-0.2, -0.15) is 0 Å². The highest BCUT2D eigenvalue weighted by atomic mass is 79.9. The molecule has 3 nitrogen and oxygen atoms in total. The standard InChI is InChI=1S/C5H9BrO3/c1-2-5(9,3-6)4(7)8/h9H,2-3H2,1H3,(H,7,8)/t5-/m0/s1. The van der Waals surface area contributed by atoms with Gasteiger partial charge in [-0.3, -0.25) is 0 Å². The topological polar surface area (TPSA) is 57.5 Å². The molecule has 0 aromatic heterocycles.